The average molecular weight is 368 g/mol. The molecule has 0 fully saturated rings. The summed E-state index contributed by atoms with van der Waals surface area (Å²) in [5.41, 5.74) is 1.00. The van der Waals surface area contributed by atoms with Gasteiger partial charge in [0.25, 0.3) is 0 Å². The Labute approximate surface area is 127 Å². The molecule has 0 saturated carbocycles. The molecule has 0 spiro atoms. The first-order valence-corrected chi connectivity index (χ1v) is 7.23. The second-order valence-corrected chi connectivity index (χ2v) is 5.88. The molecule has 0 amide bonds. The number of rotatable bonds is 5. The van der Waals surface area contributed by atoms with Gasteiger partial charge in [-0.2, -0.15) is 0 Å². The van der Waals surface area contributed by atoms with Crippen LogP contribution < -0.4 is 0 Å². The number of hydrogen-bond donors (Lipinski definition) is 1. The number of methoxy groups -OCH3 is 1. The van der Waals surface area contributed by atoms with Crippen molar-refractivity contribution in [1.29, 1.82) is 0 Å². The van der Waals surface area contributed by atoms with Crippen molar-refractivity contribution in [2.75, 3.05) is 13.7 Å². The van der Waals surface area contributed by atoms with Crippen LogP contribution in [-0.4, -0.2) is 18.8 Å². The highest BCUT2D eigenvalue weighted by molar-refractivity contribution is 14.1. The van der Waals surface area contributed by atoms with Gasteiger partial charge in [0.1, 0.15) is 5.60 Å². The molecule has 0 aliphatic heterocycles. The number of halogens is 1. The van der Waals surface area contributed by atoms with E-state index in [0.29, 0.717) is 6.42 Å². The zero-order valence-electron chi connectivity index (χ0n) is 10.8. The van der Waals surface area contributed by atoms with Gasteiger partial charge in [-0.1, -0.05) is 42.5 Å². The maximum Gasteiger partial charge on any atom is 0.117 e. The van der Waals surface area contributed by atoms with E-state index < -0.39 is 5.60 Å². The Hall–Kier alpha value is -0.910. The summed E-state index contributed by atoms with van der Waals surface area (Å²) in [6.45, 7) is 0.281. The highest BCUT2D eigenvalue weighted by Gasteiger charge is 2.29. The molecule has 1 N–H and O–H groups in total. The maximum absolute atomic E-state index is 10.9. The minimum absolute atomic E-state index is 0.281. The lowest BCUT2D eigenvalue weighted by Crippen LogP contribution is -2.33. The molecule has 1 atom stereocenters. The van der Waals surface area contributed by atoms with Crippen molar-refractivity contribution in [3.63, 3.8) is 0 Å². The molecule has 0 heterocycles. The summed E-state index contributed by atoms with van der Waals surface area (Å²) >= 11 is 2.27. The van der Waals surface area contributed by atoms with Crippen molar-refractivity contribution in [2.24, 2.45) is 0 Å². The quantitative estimate of drug-likeness (QED) is 0.821. The average Bonchev–Trinajstić information content (AvgIpc) is 2.43. The van der Waals surface area contributed by atoms with E-state index in [2.05, 4.69) is 22.6 Å². The molecule has 0 radical (unpaired) electrons. The van der Waals surface area contributed by atoms with Crippen molar-refractivity contribution in [3.8, 4) is 0 Å². The molecule has 0 bridgehead atoms. The van der Waals surface area contributed by atoms with Gasteiger partial charge in [-0.25, -0.2) is 0 Å². The van der Waals surface area contributed by atoms with Crippen LogP contribution in [0.3, 0.4) is 0 Å². The van der Waals surface area contributed by atoms with E-state index in [0.717, 1.165) is 11.1 Å². The van der Waals surface area contributed by atoms with Crippen LogP contribution >= 0.6 is 22.6 Å². The summed E-state index contributed by atoms with van der Waals surface area (Å²) in [5.74, 6) is 0. The van der Waals surface area contributed by atoms with Crippen LogP contribution in [0.5, 0.6) is 0 Å². The highest BCUT2D eigenvalue weighted by atomic mass is 127. The topological polar surface area (TPSA) is 29.5 Å². The van der Waals surface area contributed by atoms with E-state index >= 15 is 0 Å². The van der Waals surface area contributed by atoms with Gasteiger partial charge < -0.3 is 9.84 Å². The molecule has 0 saturated heterocycles. The van der Waals surface area contributed by atoms with E-state index in [4.69, 9.17) is 4.74 Å². The van der Waals surface area contributed by atoms with Gasteiger partial charge in [0, 0.05) is 17.1 Å². The smallest absolute Gasteiger partial charge is 0.117 e. The second-order valence-electron chi connectivity index (χ2n) is 4.63. The molecule has 1 unspecified atom stereocenters. The fourth-order valence-corrected chi connectivity index (χ4v) is 2.52. The van der Waals surface area contributed by atoms with Crippen molar-refractivity contribution >= 4 is 22.6 Å². The molecular formula is C16H17IO2. The summed E-state index contributed by atoms with van der Waals surface area (Å²) in [4.78, 5) is 0. The van der Waals surface area contributed by atoms with Crippen molar-refractivity contribution in [3.05, 3.63) is 69.3 Å². The third-order valence-corrected chi connectivity index (χ3v) is 3.82. The molecule has 2 nitrogen and oxygen atoms in total. The van der Waals surface area contributed by atoms with Crippen molar-refractivity contribution < 1.29 is 9.84 Å². The Kier molecular flexibility index (Phi) is 4.96. The van der Waals surface area contributed by atoms with Gasteiger partial charge in [0.2, 0.25) is 0 Å². The standard InChI is InChI=1S/C16H17IO2/c1-19-12-16(18,14-5-3-2-4-6-14)11-13-7-9-15(17)10-8-13/h2-10,18H,11-12H2,1H3. The SMILES string of the molecule is COCC(O)(Cc1ccc(I)cc1)c1ccccc1. The minimum Gasteiger partial charge on any atom is -0.382 e. The van der Waals surface area contributed by atoms with E-state index in [-0.39, 0.29) is 6.61 Å². The first-order valence-electron chi connectivity index (χ1n) is 6.15. The van der Waals surface area contributed by atoms with Crippen LogP contribution in [0.1, 0.15) is 11.1 Å². The van der Waals surface area contributed by atoms with E-state index in [9.17, 15) is 5.11 Å². The zero-order valence-corrected chi connectivity index (χ0v) is 13.0. The largest absolute Gasteiger partial charge is 0.382 e. The Morgan fingerprint density at radius 2 is 1.68 bits per heavy atom. The van der Waals surface area contributed by atoms with Gasteiger partial charge in [-0.3, -0.25) is 0 Å². The van der Waals surface area contributed by atoms with Gasteiger partial charge in [0.15, 0.2) is 0 Å². The number of benzene rings is 2. The molecule has 3 heteroatoms. The zero-order chi connectivity index (χ0) is 13.7. The normalized spacial score (nSPS) is 14.1. The third kappa shape index (κ3) is 3.78. The summed E-state index contributed by atoms with van der Waals surface area (Å²) in [6.07, 6.45) is 0.543. The van der Waals surface area contributed by atoms with Crippen molar-refractivity contribution in [2.45, 2.75) is 12.0 Å². The molecule has 2 aromatic carbocycles. The fourth-order valence-electron chi connectivity index (χ4n) is 2.16. The Bertz CT molecular complexity index is 510. The molecule has 0 aliphatic carbocycles. The lowest BCUT2D eigenvalue weighted by Gasteiger charge is -2.28. The first kappa shape index (κ1) is 14.5. The van der Waals surface area contributed by atoms with E-state index in [1.165, 1.54) is 3.57 Å². The first-order chi connectivity index (χ1) is 9.14. The molecular weight excluding hydrogens is 351 g/mol. The predicted molar refractivity (Wildman–Crippen MR) is 85.1 cm³/mol. The van der Waals surface area contributed by atoms with Gasteiger partial charge in [-0.15, -0.1) is 0 Å². The Morgan fingerprint density at radius 1 is 1.05 bits per heavy atom. The van der Waals surface area contributed by atoms with Crippen LogP contribution in [0.2, 0.25) is 0 Å². The molecule has 100 valence electrons. The molecule has 0 aliphatic rings. The number of ether oxygens (including phenoxy) is 1. The fraction of sp³-hybridized carbons (Fsp3) is 0.250. The second kappa shape index (κ2) is 6.50. The van der Waals surface area contributed by atoms with Crippen LogP contribution in [0, 0.1) is 3.57 Å². The molecule has 19 heavy (non-hydrogen) atoms. The number of aliphatic hydroxyl groups is 1. The summed E-state index contributed by atoms with van der Waals surface area (Å²) in [5, 5.41) is 10.9. The van der Waals surface area contributed by atoms with Gasteiger partial charge in [0.05, 0.1) is 6.61 Å². The lowest BCUT2D eigenvalue weighted by atomic mass is 9.88. The molecule has 2 rings (SSSR count). The van der Waals surface area contributed by atoms with E-state index in [1.54, 1.807) is 7.11 Å². The highest BCUT2D eigenvalue weighted by Crippen LogP contribution is 2.26. The minimum atomic E-state index is -0.983. The lowest BCUT2D eigenvalue weighted by molar-refractivity contribution is -0.0355. The molecule has 2 aromatic rings. The van der Waals surface area contributed by atoms with Crippen molar-refractivity contribution in [1.82, 2.24) is 0 Å². The van der Waals surface area contributed by atoms with Crippen LogP contribution in [0.15, 0.2) is 54.6 Å². The van der Waals surface area contributed by atoms with Gasteiger partial charge >= 0.3 is 0 Å². The third-order valence-electron chi connectivity index (χ3n) is 3.10. The Balaban J connectivity index is 2.27. The predicted octanol–water partition coefficient (Wildman–Crippen LogP) is 3.37. The maximum atomic E-state index is 10.9. The summed E-state index contributed by atoms with van der Waals surface area (Å²) < 4.78 is 6.40. The molecule has 0 aromatic heterocycles. The van der Waals surface area contributed by atoms with E-state index in [1.807, 2.05) is 54.6 Å². The van der Waals surface area contributed by atoms with Crippen LogP contribution in [0.4, 0.5) is 0 Å². The Morgan fingerprint density at radius 3 is 2.26 bits per heavy atom. The van der Waals surface area contributed by atoms with Gasteiger partial charge in [-0.05, 0) is 45.9 Å². The van der Waals surface area contributed by atoms with Crippen LogP contribution in [-0.2, 0) is 16.8 Å². The number of hydrogen-bond acceptors (Lipinski definition) is 2. The van der Waals surface area contributed by atoms with Crippen LogP contribution in [0.25, 0.3) is 0 Å². The summed E-state index contributed by atoms with van der Waals surface area (Å²) in [7, 11) is 1.61. The monoisotopic (exact) mass is 368 g/mol. The summed E-state index contributed by atoms with van der Waals surface area (Å²) in [6, 6.07) is 17.9.